The van der Waals surface area contributed by atoms with Crippen molar-refractivity contribution in [1.82, 2.24) is 4.90 Å². The number of carbonyl (C=O) groups is 1. The van der Waals surface area contributed by atoms with Gasteiger partial charge < -0.3 is 10.6 Å². The van der Waals surface area contributed by atoms with Gasteiger partial charge in [-0.1, -0.05) is 73.7 Å². The van der Waals surface area contributed by atoms with Crippen molar-refractivity contribution < 1.29 is 4.79 Å². The second kappa shape index (κ2) is 10.6. The Labute approximate surface area is 191 Å². The summed E-state index contributed by atoms with van der Waals surface area (Å²) in [6, 6.07) is 27.2. The number of amides is 1. The van der Waals surface area contributed by atoms with Crippen LogP contribution in [0.3, 0.4) is 0 Å². The van der Waals surface area contributed by atoms with Gasteiger partial charge in [-0.2, -0.15) is 0 Å². The number of rotatable bonds is 5. The van der Waals surface area contributed by atoms with Gasteiger partial charge in [-0.05, 0) is 53.1 Å². The van der Waals surface area contributed by atoms with Crippen molar-refractivity contribution in [2.45, 2.75) is 38.1 Å². The minimum atomic E-state index is 0. The summed E-state index contributed by atoms with van der Waals surface area (Å²) in [7, 11) is 0. The zero-order valence-corrected chi connectivity index (χ0v) is 18.9. The highest BCUT2D eigenvalue weighted by molar-refractivity contribution is 5.94. The Morgan fingerprint density at radius 2 is 1.58 bits per heavy atom. The van der Waals surface area contributed by atoms with E-state index in [1.807, 2.05) is 23.1 Å². The Morgan fingerprint density at radius 1 is 0.935 bits per heavy atom. The number of nitrogens with two attached hydrogens (primary N) is 1. The van der Waals surface area contributed by atoms with Crippen LogP contribution in [0.5, 0.6) is 0 Å². The smallest absolute Gasteiger partial charge is 0.253 e. The van der Waals surface area contributed by atoms with Crippen LogP contribution in [0.4, 0.5) is 0 Å². The number of hydrogen-bond acceptors (Lipinski definition) is 2. The summed E-state index contributed by atoms with van der Waals surface area (Å²) in [5.41, 5.74) is 11.6. The molecule has 0 spiro atoms. The highest BCUT2D eigenvalue weighted by Gasteiger charge is 2.24. The predicted octanol–water partition coefficient (Wildman–Crippen LogP) is 5.74. The van der Waals surface area contributed by atoms with Crippen LogP contribution >= 0.6 is 12.4 Å². The molecule has 31 heavy (non-hydrogen) atoms. The molecule has 1 aliphatic heterocycles. The molecule has 0 saturated carbocycles. The fourth-order valence-electron chi connectivity index (χ4n) is 4.42. The van der Waals surface area contributed by atoms with Gasteiger partial charge in [0.2, 0.25) is 0 Å². The molecule has 1 fully saturated rings. The van der Waals surface area contributed by atoms with Crippen LogP contribution < -0.4 is 5.73 Å². The lowest BCUT2D eigenvalue weighted by Crippen LogP contribution is -2.37. The number of carbonyl (C=O) groups excluding carboxylic acids is 1. The molecule has 162 valence electrons. The van der Waals surface area contributed by atoms with Crippen molar-refractivity contribution in [3.63, 3.8) is 0 Å². The highest BCUT2D eigenvalue weighted by Crippen LogP contribution is 2.30. The first-order valence-electron chi connectivity index (χ1n) is 10.9. The minimum absolute atomic E-state index is 0. The normalized spacial score (nSPS) is 15.2. The van der Waals surface area contributed by atoms with Crippen LogP contribution in [-0.2, 0) is 6.54 Å². The monoisotopic (exact) mass is 434 g/mol. The van der Waals surface area contributed by atoms with Gasteiger partial charge in [-0.15, -0.1) is 12.4 Å². The van der Waals surface area contributed by atoms with E-state index in [1.165, 1.54) is 22.3 Å². The highest BCUT2D eigenvalue weighted by atomic mass is 35.5. The number of halogens is 1. The third-order valence-corrected chi connectivity index (χ3v) is 6.40. The van der Waals surface area contributed by atoms with Gasteiger partial charge in [0, 0.05) is 31.1 Å². The van der Waals surface area contributed by atoms with Crippen LogP contribution in [0, 0.1) is 0 Å². The second-order valence-electron chi connectivity index (χ2n) is 8.27. The third kappa shape index (κ3) is 5.36. The molecule has 1 saturated heterocycles. The van der Waals surface area contributed by atoms with E-state index in [4.69, 9.17) is 5.73 Å². The standard InChI is InChI=1S/C27H30N2O.ClH/c1-20(22-7-3-2-4-8-22)23-10-12-25(13-11-23)27(30)29-16-14-24(15-17-29)26-9-5-6-21(18-26)19-28;/h2-13,18,20,24H,14-17,19,28H2,1H3;1H. The van der Waals surface area contributed by atoms with E-state index in [2.05, 4.69) is 67.6 Å². The maximum Gasteiger partial charge on any atom is 0.253 e. The maximum atomic E-state index is 13.0. The molecule has 0 radical (unpaired) electrons. The molecule has 0 bridgehead atoms. The number of hydrogen-bond donors (Lipinski definition) is 1. The van der Waals surface area contributed by atoms with Crippen molar-refractivity contribution in [3.05, 3.63) is 107 Å². The minimum Gasteiger partial charge on any atom is -0.339 e. The average molecular weight is 435 g/mol. The fraction of sp³-hybridized carbons (Fsp3) is 0.296. The second-order valence-corrected chi connectivity index (χ2v) is 8.27. The molecule has 0 aliphatic carbocycles. The van der Waals surface area contributed by atoms with E-state index < -0.39 is 0 Å². The number of piperidine rings is 1. The van der Waals surface area contributed by atoms with Gasteiger partial charge in [-0.25, -0.2) is 0 Å². The van der Waals surface area contributed by atoms with Gasteiger partial charge in [0.25, 0.3) is 5.91 Å². The number of likely N-dealkylation sites (tertiary alicyclic amines) is 1. The van der Waals surface area contributed by atoms with Crippen molar-refractivity contribution in [3.8, 4) is 0 Å². The molecule has 1 amide bonds. The van der Waals surface area contributed by atoms with Crippen LogP contribution in [0.1, 0.15) is 64.2 Å². The maximum absolute atomic E-state index is 13.0. The van der Waals surface area contributed by atoms with E-state index in [-0.39, 0.29) is 18.3 Å². The SMILES string of the molecule is CC(c1ccccc1)c1ccc(C(=O)N2CCC(c3cccc(CN)c3)CC2)cc1.Cl. The van der Waals surface area contributed by atoms with Crippen molar-refractivity contribution in [2.24, 2.45) is 5.73 Å². The summed E-state index contributed by atoms with van der Waals surface area (Å²) >= 11 is 0. The molecule has 3 aromatic carbocycles. The molecule has 3 nitrogen and oxygen atoms in total. The van der Waals surface area contributed by atoms with Crippen molar-refractivity contribution >= 4 is 18.3 Å². The summed E-state index contributed by atoms with van der Waals surface area (Å²) in [6.07, 6.45) is 2.01. The summed E-state index contributed by atoms with van der Waals surface area (Å²) in [4.78, 5) is 15.0. The fourth-order valence-corrected chi connectivity index (χ4v) is 4.42. The largest absolute Gasteiger partial charge is 0.339 e. The molecule has 4 rings (SSSR count). The molecule has 2 N–H and O–H groups in total. The molecular weight excluding hydrogens is 404 g/mol. The Bertz CT molecular complexity index is 980. The molecule has 1 heterocycles. The summed E-state index contributed by atoms with van der Waals surface area (Å²) in [5, 5.41) is 0. The zero-order valence-electron chi connectivity index (χ0n) is 18.0. The van der Waals surface area contributed by atoms with Gasteiger partial charge in [0.05, 0.1) is 0 Å². The molecule has 1 aliphatic rings. The summed E-state index contributed by atoms with van der Waals surface area (Å²) in [5.74, 6) is 0.966. The van der Waals surface area contributed by atoms with Gasteiger partial charge >= 0.3 is 0 Å². The Morgan fingerprint density at radius 3 is 2.23 bits per heavy atom. The van der Waals surface area contributed by atoms with Crippen LogP contribution in [0.15, 0.2) is 78.9 Å². The molecule has 1 atom stereocenters. The lowest BCUT2D eigenvalue weighted by atomic mass is 9.88. The quantitative estimate of drug-likeness (QED) is 0.556. The van der Waals surface area contributed by atoms with Crippen LogP contribution in [0.2, 0.25) is 0 Å². The third-order valence-electron chi connectivity index (χ3n) is 6.40. The zero-order chi connectivity index (χ0) is 20.9. The topological polar surface area (TPSA) is 46.3 Å². The van der Waals surface area contributed by atoms with E-state index in [9.17, 15) is 4.79 Å². The predicted molar refractivity (Wildman–Crippen MR) is 130 cm³/mol. The van der Waals surface area contributed by atoms with Crippen LogP contribution in [0.25, 0.3) is 0 Å². The molecular formula is C27H31ClN2O. The molecule has 0 aromatic heterocycles. The van der Waals surface area contributed by atoms with Crippen LogP contribution in [-0.4, -0.2) is 23.9 Å². The summed E-state index contributed by atoms with van der Waals surface area (Å²) < 4.78 is 0. The number of benzene rings is 3. The Kier molecular flexibility index (Phi) is 7.89. The first-order chi connectivity index (χ1) is 14.7. The lowest BCUT2D eigenvalue weighted by molar-refractivity contribution is 0.0713. The van der Waals surface area contributed by atoms with Crippen molar-refractivity contribution in [1.29, 1.82) is 0 Å². The number of nitrogens with zero attached hydrogens (tertiary/aromatic N) is 1. The molecule has 3 aromatic rings. The van der Waals surface area contributed by atoms with Gasteiger partial charge in [0.1, 0.15) is 0 Å². The van der Waals surface area contributed by atoms with Gasteiger partial charge in [0.15, 0.2) is 0 Å². The first-order valence-corrected chi connectivity index (χ1v) is 10.9. The lowest BCUT2D eigenvalue weighted by Gasteiger charge is -2.32. The van der Waals surface area contributed by atoms with Gasteiger partial charge in [-0.3, -0.25) is 4.79 Å². The first kappa shape index (κ1) is 23.1. The van der Waals surface area contributed by atoms with E-state index in [0.29, 0.717) is 18.4 Å². The average Bonchev–Trinajstić information content (AvgIpc) is 2.84. The Balaban J connectivity index is 0.00000272. The van der Waals surface area contributed by atoms with E-state index >= 15 is 0 Å². The molecule has 4 heteroatoms. The summed E-state index contributed by atoms with van der Waals surface area (Å²) in [6.45, 7) is 4.39. The molecule has 1 unspecified atom stereocenters. The van der Waals surface area contributed by atoms with Crippen molar-refractivity contribution in [2.75, 3.05) is 13.1 Å². The van der Waals surface area contributed by atoms with E-state index in [1.54, 1.807) is 0 Å². The Hall–Kier alpha value is -2.62. The van der Waals surface area contributed by atoms with E-state index in [0.717, 1.165) is 31.5 Å².